The van der Waals surface area contributed by atoms with Gasteiger partial charge in [-0.1, -0.05) is 41.9 Å². The number of thioether (sulfide) groups is 1. The molecule has 0 atom stereocenters. The second-order valence-electron chi connectivity index (χ2n) is 6.52. The number of rotatable bonds is 8. The van der Waals surface area contributed by atoms with Crippen molar-refractivity contribution in [2.24, 2.45) is 0 Å². The third-order valence-corrected chi connectivity index (χ3v) is 5.62. The van der Waals surface area contributed by atoms with Crippen molar-refractivity contribution >= 4 is 40.9 Å². The smallest absolute Gasteiger partial charge is 0.251 e. The minimum atomic E-state index is -0.344. The van der Waals surface area contributed by atoms with E-state index in [0.717, 1.165) is 11.1 Å². The van der Waals surface area contributed by atoms with E-state index in [9.17, 15) is 14.0 Å². The number of hydrogen-bond donors (Lipinski definition) is 2. The summed E-state index contributed by atoms with van der Waals surface area (Å²) in [6.45, 7) is 0.360. The Kier molecular flexibility index (Phi) is 7.88. The zero-order valence-corrected chi connectivity index (χ0v) is 17.6. The molecule has 7 heteroatoms. The maximum absolute atomic E-state index is 12.9. The van der Waals surface area contributed by atoms with E-state index in [-0.39, 0.29) is 23.4 Å². The van der Waals surface area contributed by atoms with Gasteiger partial charge < -0.3 is 10.6 Å². The van der Waals surface area contributed by atoms with Crippen LogP contribution in [0.15, 0.2) is 72.8 Å². The summed E-state index contributed by atoms with van der Waals surface area (Å²) in [6, 6.07) is 20.3. The second-order valence-corrected chi connectivity index (χ2v) is 7.91. The first kappa shape index (κ1) is 21.9. The number of halogens is 2. The maximum atomic E-state index is 12.9. The molecule has 2 amide bonds. The Balaban J connectivity index is 1.42. The third kappa shape index (κ3) is 6.61. The Morgan fingerprint density at radius 3 is 2.33 bits per heavy atom. The van der Waals surface area contributed by atoms with Gasteiger partial charge in [0, 0.05) is 28.6 Å². The van der Waals surface area contributed by atoms with E-state index in [2.05, 4.69) is 10.6 Å². The van der Waals surface area contributed by atoms with Crippen LogP contribution in [0.1, 0.15) is 21.5 Å². The normalized spacial score (nSPS) is 10.5. The van der Waals surface area contributed by atoms with Crippen molar-refractivity contribution in [1.29, 1.82) is 0 Å². The third-order valence-electron chi connectivity index (χ3n) is 4.24. The molecule has 0 saturated carbocycles. The summed E-state index contributed by atoms with van der Waals surface area (Å²) in [6.07, 6.45) is 0. The Labute approximate surface area is 183 Å². The standard InChI is InChI=1S/C23H20ClFN2O2S/c24-21-4-2-1-3-18(21)13-26-23(29)17-7-5-16(6-8-17)14-30-15-22(28)27-20-11-9-19(25)10-12-20/h1-12H,13-15H2,(H,26,29)(H,27,28). The van der Waals surface area contributed by atoms with Gasteiger partial charge in [0.1, 0.15) is 5.82 Å². The lowest BCUT2D eigenvalue weighted by Crippen LogP contribution is -2.22. The fraction of sp³-hybridized carbons (Fsp3) is 0.130. The van der Waals surface area contributed by atoms with Crippen LogP contribution in [-0.2, 0) is 17.1 Å². The molecule has 0 radical (unpaired) electrons. The van der Waals surface area contributed by atoms with Crippen LogP contribution in [0.25, 0.3) is 0 Å². The lowest BCUT2D eigenvalue weighted by Gasteiger charge is -2.08. The van der Waals surface area contributed by atoms with Gasteiger partial charge in [-0.05, 0) is 53.6 Å². The Bertz CT molecular complexity index is 1010. The van der Waals surface area contributed by atoms with Gasteiger partial charge in [0.15, 0.2) is 0 Å². The molecule has 0 heterocycles. The summed E-state index contributed by atoms with van der Waals surface area (Å²) >= 11 is 7.56. The minimum Gasteiger partial charge on any atom is -0.348 e. The number of carbonyl (C=O) groups excluding carboxylic acids is 2. The molecule has 0 aromatic heterocycles. The zero-order chi connectivity index (χ0) is 21.3. The Morgan fingerprint density at radius 2 is 1.63 bits per heavy atom. The van der Waals surface area contributed by atoms with Crippen LogP contribution >= 0.6 is 23.4 Å². The largest absolute Gasteiger partial charge is 0.348 e. The fourth-order valence-corrected chi connectivity index (χ4v) is 3.65. The average molecular weight is 443 g/mol. The fourth-order valence-electron chi connectivity index (χ4n) is 2.66. The quantitative estimate of drug-likeness (QED) is 0.499. The first-order chi connectivity index (χ1) is 14.5. The number of carbonyl (C=O) groups is 2. The van der Waals surface area contributed by atoms with Crippen LogP contribution in [0.4, 0.5) is 10.1 Å². The lowest BCUT2D eigenvalue weighted by atomic mass is 10.1. The van der Waals surface area contributed by atoms with Gasteiger partial charge in [-0.2, -0.15) is 0 Å². The van der Waals surface area contributed by atoms with Gasteiger partial charge in [0.2, 0.25) is 5.91 Å². The van der Waals surface area contributed by atoms with E-state index in [1.54, 1.807) is 18.2 Å². The SMILES string of the molecule is O=C(CSCc1ccc(C(=O)NCc2ccccc2Cl)cc1)Nc1ccc(F)cc1. The molecule has 0 saturated heterocycles. The van der Waals surface area contributed by atoms with Gasteiger partial charge in [-0.15, -0.1) is 11.8 Å². The van der Waals surface area contributed by atoms with E-state index in [1.165, 1.54) is 36.0 Å². The highest BCUT2D eigenvalue weighted by molar-refractivity contribution is 7.99. The molecular weight excluding hydrogens is 423 g/mol. The van der Waals surface area contributed by atoms with Gasteiger partial charge >= 0.3 is 0 Å². The summed E-state index contributed by atoms with van der Waals surface area (Å²) in [4.78, 5) is 24.3. The molecule has 3 aromatic carbocycles. The predicted octanol–water partition coefficient (Wildman–Crippen LogP) is 5.28. The highest BCUT2D eigenvalue weighted by atomic mass is 35.5. The summed E-state index contributed by atoms with van der Waals surface area (Å²) < 4.78 is 12.9. The van der Waals surface area contributed by atoms with Crippen LogP contribution in [0, 0.1) is 5.82 Å². The van der Waals surface area contributed by atoms with E-state index >= 15 is 0 Å². The van der Waals surface area contributed by atoms with Crippen LogP contribution < -0.4 is 10.6 Å². The number of nitrogens with one attached hydrogen (secondary N) is 2. The number of hydrogen-bond acceptors (Lipinski definition) is 3. The number of anilines is 1. The average Bonchev–Trinajstić information content (AvgIpc) is 2.75. The topological polar surface area (TPSA) is 58.2 Å². The zero-order valence-electron chi connectivity index (χ0n) is 16.0. The Morgan fingerprint density at radius 1 is 0.933 bits per heavy atom. The van der Waals surface area contributed by atoms with Gasteiger partial charge in [-0.3, -0.25) is 9.59 Å². The monoisotopic (exact) mass is 442 g/mol. The van der Waals surface area contributed by atoms with Crippen LogP contribution in [0.3, 0.4) is 0 Å². The lowest BCUT2D eigenvalue weighted by molar-refractivity contribution is -0.113. The van der Waals surface area contributed by atoms with Crippen molar-refractivity contribution in [1.82, 2.24) is 5.32 Å². The van der Waals surface area contributed by atoms with Crippen molar-refractivity contribution in [3.63, 3.8) is 0 Å². The van der Waals surface area contributed by atoms with Gasteiger partial charge in [0.25, 0.3) is 5.91 Å². The summed E-state index contributed by atoms with van der Waals surface area (Å²) in [5.74, 6) is 0.244. The molecule has 4 nitrogen and oxygen atoms in total. The highest BCUT2D eigenvalue weighted by Gasteiger charge is 2.08. The van der Waals surface area contributed by atoms with Crippen LogP contribution in [0.5, 0.6) is 0 Å². The molecular formula is C23H20ClFN2O2S. The van der Waals surface area contributed by atoms with Crippen LogP contribution in [0.2, 0.25) is 5.02 Å². The molecule has 3 aromatic rings. The maximum Gasteiger partial charge on any atom is 0.251 e. The predicted molar refractivity (Wildman–Crippen MR) is 120 cm³/mol. The molecule has 0 aliphatic carbocycles. The molecule has 30 heavy (non-hydrogen) atoms. The number of benzene rings is 3. The molecule has 0 aliphatic rings. The number of amides is 2. The molecule has 0 bridgehead atoms. The first-order valence-electron chi connectivity index (χ1n) is 9.25. The molecule has 0 unspecified atom stereocenters. The molecule has 2 N–H and O–H groups in total. The molecule has 3 rings (SSSR count). The van der Waals surface area contributed by atoms with Crippen molar-refractivity contribution in [2.75, 3.05) is 11.1 Å². The van der Waals surface area contributed by atoms with E-state index < -0.39 is 0 Å². The minimum absolute atomic E-state index is 0.151. The first-order valence-corrected chi connectivity index (χ1v) is 10.8. The van der Waals surface area contributed by atoms with Crippen LogP contribution in [-0.4, -0.2) is 17.6 Å². The van der Waals surface area contributed by atoms with Crippen molar-refractivity contribution in [3.8, 4) is 0 Å². The van der Waals surface area contributed by atoms with Crippen molar-refractivity contribution in [2.45, 2.75) is 12.3 Å². The highest BCUT2D eigenvalue weighted by Crippen LogP contribution is 2.16. The van der Waals surface area contributed by atoms with Crippen molar-refractivity contribution < 1.29 is 14.0 Å². The Hall–Kier alpha value is -2.83. The van der Waals surface area contributed by atoms with Gasteiger partial charge in [-0.25, -0.2) is 4.39 Å². The molecule has 0 spiro atoms. The summed E-state index contributed by atoms with van der Waals surface area (Å²) in [5.41, 5.74) is 3.00. The van der Waals surface area contributed by atoms with E-state index in [1.807, 2.05) is 30.3 Å². The molecule has 0 fully saturated rings. The summed E-state index contributed by atoms with van der Waals surface area (Å²) in [7, 11) is 0. The van der Waals surface area contributed by atoms with E-state index in [0.29, 0.717) is 28.6 Å². The van der Waals surface area contributed by atoms with Gasteiger partial charge in [0.05, 0.1) is 5.75 Å². The second kappa shape index (κ2) is 10.8. The molecule has 154 valence electrons. The molecule has 0 aliphatic heterocycles. The van der Waals surface area contributed by atoms with E-state index in [4.69, 9.17) is 11.6 Å². The summed E-state index contributed by atoms with van der Waals surface area (Å²) in [5, 5.41) is 6.20. The van der Waals surface area contributed by atoms with Crippen molar-refractivity contribution in [3.05, 3.63) is 100 Å².